The number of β-lactam (4-membered cyclic amide) rings is 1. The summed E-state index contributed by atoms with van der Waals surface area (Å²) in [7, 11) is 0. The summed E-state index contributed by atoms with van der Waals surface area (Å²) in [6, 6.07) is 11.8. The highest BCUT2D eigenvalue weighted by atomic mass is 35.5. The zero-order chi connectivity index (χ0) is 16.6. The summed E-state index contributed by atoms with van der Waals surface area (Å²) in [6.45, 7) is 0. The molecular weight excluding hydrogens is 320 g/mol. The SMILES string of the molecule is O=C(NN1C(=O)[C@@H](Cl)[C@H]1c1ccccc1O)c1ccccc1O. The van der Waals surface area contributed by atoms with Crippen LogP contribution in [0.15, 0.2) is 48.5 Å². The Balaban J connectivity index is 1.84. The molecule has 118 valence electrons. The second-order valence-corrected chi connectivity index (χ2v) is 5.54. The third-order valence-corrected chi connectivity index (χ3v) is 4.08. The minimum Gasteiger partial charge on any atom is -0.508 e. The van der Waals surface area contributed by atoms with Gasteiger partial charge in [-0.3, -0.25) is 15.0 Å². The van der Waals surface area contributed by atoms with E-state index in [1.54, 1.807) is 30.3 Å². The number of phenols is 2. The summed E-state index contributed by atoms with van der Waals surface area (Å²) in [5.41, 5.74) is 2.89. The molecule has 23 heavy (non-hydrogen) atoms. The quantitative estimate of drug-likeness (QED) is 0.592. The topological polar surface area (TPSA) is 89.9 Å². The minimum atomic E-state index is -0.882. The number of rotatable bonds is 3. The third kappa shape index (κ3) is 2.57. The van der Waals surface area contributed by atoms with Crippen molar-refractivity contribution in [3.05, 3.63) is 59.7 Å². The van der Waals surface area contributed by atoms with E-state index < -0.39 is 23.2 Å². The molecule has 1 aliphatic heterocycles. The summed E-state index contributed by atoms with van der Waals surface area (Å²) in [5, 5.41) is 19.8. The molecule has 0 aliphatic carbocycles. The maximum atomic E-state index is 12.2. The fraction of sp³-hybridized carbons (Fsp3) is 0.125. The van der Waals surface area contributed by atoms with E-state index in [1.165, 1.54) is 18.2 Å². The monoisotopic (exact) mass is 332 g/mol. The highest BCUT2D eigenvalue weighted by molar-refractivity contribution is 6.33. The predicted molar refractivity (Wildman–Crippen MR) is 82.9 cm³/mol. The van der Waals surface area contributed by atoms with E-state index in [9.17, 15) is 19.8 Å². The summed E-state index contributed by atoms with van der Waals surface area (Å²) in [5.74, 6) is -1.33. The summed E-state index contributed by atoms with van der Waals surface area (Å²) >= 11 is 6.02. The Morgan fingerprint density at radius 2 is 1.65 bits per heavy atom. The summed E-state index contributed by atoms with van der Waals surface area (Å²) < 4.78 is 0. The molecule has 3 rings (SSSR count). The molecule has 2 amide bonds. The van der Waals surface area contributed by atoms with Crippen LogP contribution < -0.4 is 5.43 Å². The zero-order valence-electron chi connectivity index (χ0n) is 11.8. The van der Waals surface area contributed by atoms with E-state index in [4.69, 9.17) is 11.6 Å². The van der Waals surface area contributed by atoms with Crippen molar-refractivity contribution >= 4 is 23.4 Å². The van der Waals surface area contributed by atoms with Crippen LogP contribution in [0, 0.1) is 0 Å². The number of hydrogen-bond donors (Lipinski definition) is 3. The van der Waals surface area contributed by atoms with E-state index in [-0.39, 0.29) is 17.1 Å². The van der Waals surface area contributed by atoms with Crippen molar-refractivity contribution in [2.24, 2.45) is 0 Å². The van der Waals surface area contributed by atoms with Gasteiger partial charge in [0.2, 0.25) is 0 Å². The minimum absolute atomic E-state index is 0.0162. The molecule has 1 saturated heterocycles. The van der Waals surface area contributed by atoms with Gasteiger partial charge in [-0.2, -0.15) is 0 Å². The number of hydrazine groups is 1. The fourth-order valence-electron chi connectivity index (χ4n) is 2.45. The van der Waals surface area contributed by atoms with Crippen LogP contribution in [0.4, 0.5) is 0 Å². The molecule has 0 bridgehead atoms. The number of amides is 2. The molecular formula is C16H13ClN2O4. The van der Waals surface area contributed by atoms with Crippen LogP contribution in [0.1, 0.15) is 22.0 Å². The van der Waals surface area contributed by atoms with Gasteiger partial charge in [0.15, 0.2) is 0 Å². The van der Waals surface area contributed by atoms with Gasteiger partial charge >= 0.3 is 0 Å². The number of halogens is 1. The highest BCUT2D eigenvalue weighted by Crippen LogP contribution is 2.40. The second-order valence-electron chi connectivity index (χ2n) is 5.07. The molecule has 1 fully saturated rings. The van der Waals surface area contributed by atoms with Crippen molar-refractivity contribution < 1.29 is 19.8 Å². The van der Waals surface area contributed by atoms with E-state index in [0.29, 0.717) is 5.56 Å². The van der Waals surface area contributed by atoms with Gasteiger partial charge in [-0.05, 0) is 18.2 Å². The molecule has 1 aliphatic rings. The van der Waals surface area contributed by atoms with Crippen LogP contribution in [0.3, 0.4) is 0 Å². The van der Waals surface area contributed by atoms with Crippen molar-refractivity contribution in [2.45, 2.75) is 11.4 Å². The number of phenolic OH excluding ortho intramolecular Hbond substituents is 2. The van der Waals surface area contributed by atoms with Gasteiger partial charge in [0, 0.05) is 5.56 Å². The number of nitrogens with one attached hydrogen (secondary N) is 1. The van der Waals surface area contributed by atoms with Gasteiger partial charge in [-0.1, -0.05) is 30.3 Å². The van der Waals surface area contributed by atoms with Crippen LogP contribution in [0.25, 0.3) is 0 Å². The van der Waals surface area contributed by atoms with E-state index in [2.05, 4.69) is 5.43 Å². The first-order chi connectivity index (χ1) is 11.0. The molecule has 0 unspecified atom stereocenters. The number of carbonyl (C=O) groups is 2. The number of carbonyl (C=O) groups excluding carboxylic acids is 2. The lowest BCUT2D eigenvalue weighted by atomic mass is 9.94. The number of nitrogens with zero attached hydrogens (tertiary/aromatic N) is 1. The number of hydrogen-bond acceptors (Lipinski definition) is 4. The summed E-state index contributed by atoms with van der Waals surface area (Å²) in [4.78, 5) is 24.2. The largest absolute Gasteiger partial charge is 0.508 e. The van der Waals surface area contributed by atoms with Crippen molar-refractivity contribution in [1.29, 1.82) is 0 Å². The Kier molecular flexibility index (Phi) is 3.83. The molecule has 0 spiro atoms. The Bertz CT molecular complexity index is 780. The lowest BCUT2D eigenvalue weighted by Gasteiger charge is -2.44. The maximum absolute atomic E-state index is 12.2. The Hall–Kier alpha value is -2.73. The van der Waals surface area contributed by atoms with Crippen LogP contribution in [0.2, 0.25) is 0 Å². The first-order valence-electron chi connectivity index (χ1n) is 6.84. The van der Waals surface area contributed by atoms with Gasteiger partial charge in [-0.15, -0.1) is 11.6 Å². The van der Waals surface area contributed by atoms with Crippen molar-refractivity contribution in [2.75, 3.05) is 0 Å². The number of aromatic hydroxyl groups is 2. The van der Waals surface area contributed by atoms with Crippen LogP contribution in [-0.2, 0) is 4.79 Å². The molecule has 1 heterocycles. The zero-order valence-corrected chi connectivity index (χ0v) is 12.6. The Morgan fingerprint density at radius 1 is 1.04 bits per heavy atom. The second kappa shape index (κ2) is 5.81. The van der Waals surface area contributed by atoms with Gasteiger partial charge in [0.05, 0.1) is 5.56 Å². The van der Waals surface area contributed by atoms with Gasteiger partial charge in [0.1, 0.15) is 22.9 Å². The number of para-hydroxylation sites is 2. The normalized spacial score (nSPS) is 20.0. The van der Waals surface area contributed by atoms with E-state index in [0.717, 1.165) is 5.01 Å². The van der Waals surface area contributed by atoms with Gasteiger partial charge < -0.3 is 10.2 Å². The lowest BCUT2D eigenvalue weighted by Crippen LogP contribution is -2.63. The van der Waals surface area contributed by atoms with Crippen molar-refractivity contribution in [3.63, 3.8) is 0 Å². The molecule has 6 nitrogen and oxygen atoms in total. The molecule has 0 radical (unpaired) electrons. The Morgan fingerprint density at radius 3 is 2.30 bits per heavy atom. The van der Waals surface area contributed by atoms with Crippen molar-refractivity contribution in [1.82, 2.24) is 10.4 Å². The van der Waals surface area contributed by atoms with E-state index in [1.807, 2.05) is 0 Å². The molecule has 3 N–H and O–H groups in total. The Labute approximate surface area is 136 Å². The molecule has 7 heteroatoms. The first kappa shape index (κ1) is 15.2. The van der Waals surface area contributed by atoms with Crippen LogP contribution >= 0.6 is 11.6 Å². The predicted octanol–water partition coefficient (Wildman–Crippen LogP) is 1.93. The average Bonchev–Trinajstić information content (AvgIpc) is 2.56. The first-order valence-corrected chi connectivity index (χ1v) is 7.28. The molecule has 2 aromatic rings. The van der Waals surface area contributed by atoms with Crippen LogP contribution in [0.5, 0.6) is 11.5 Å². The lowest BCUT2D eigenvalue weighted by molar-refractivity contribution is -0.149. The average molecular weight is 333 g/mol. The molecule has 0 aromatic heterocycles. The van der Waals surface area contributed by atoms with Crippen LogP contribution in [-0.4, -0.2) is 32.4 Å². The molecule has 2 atom stereocenters. The van der Waals surface area contributed by atoms with E-state index >= 15 is 0 Å². The number of benzene rings is 2. The van der Waals surface area contributed by atoms with Gasteiger partial charge in [-0.25, -0.2) is 5.01 Å². The summed E-state index contributed by atoms with van der Waals surface area (Å²) in [6.07, 6.45) is 0. The molecule has 0 saturated carbocycles. The highest BCUT2D eigenvalue weighted by Gasteiger charge is 2.49. The third-order valence-electron chi connectivity index (χ3n) is 3.65. The van der Waals surface area contributed by atoms with Crippen molar-refractivity contribution in [3.8, 4) is 11.5 Å². The van der Waals surface area contributed by atoms with Gasteiger partial charge in [0.25, 0.3) is 11.8 Å². The smallest absolute Gasteiger partial charge is 0.273 e. The molecule has 2 aromatic carbocycles. The standard InChI is InChI=1S/C16H13ClN2O4/c17-13-14(9-5-1-3-7-11(9)20)19(16(13)23)18-15(22)10-6-2-4-8-12(10)21/h1-8,13-14,20-21H,(H,18,22)/t13-,14+/m0/s1. The maximum Gasteiger partial charge on any atom is 0.273 e. The fourth-order valence-corrected chi connectivity index (χ4v) is 2.80. The number of alkyl halides is 1.